The van der Waals surface area contributed by atoms with Gasteiger partial charge >= 0.3 is 0 Å². The second kappa shape index (κ2) is 6.58. The molecule has 0 saturated carbocycles. The van der Waals surface area contributed by atoms with Gasteiger partial charge in [0.25, 0.3) is 0 Å². The maximum Gasteiger partial charge on any atom is 0.119 e. The molecule has 0 fully saturated rings. The van der Waals surface area contributed by atoms with Crippen LogP contribution in [0.25, 0.3) is 0 Å². The van der Waals surface area contributed by atoms with Crippen LogP contribution in [-0.4, -0.2) is 11.7 Å². The Kier molecular flexibility index (Phi) is 4.80. The number of benzene rings is 2. The molecule has 2 rings (SSSR count). The summed E-state index contributed by atoms with van der Waals surface area (Å²) in [5.41, 5.74) is 4.58. The highest BCUT2D eigenvalue weighted by atomic mass is 16.5. The van der Waals surface area contributed by atoms with Crippen LogP contribution in [-0.2, 0) is 6.42 Å². The van der Waals surface area contributed by atoms with Gasteiger partial charge in [0.1, 0.15) is 5.75 Å². The molecule has 2 aromatic rings. The van der Waals surface area contributed by atoms with E-state index in [0.717, 1.165) is 11.3 Å². The first kappa shape index (κ1) is 14.6. The maximum atomic E-state index is 10.5. The third-order valence-corrected chi connectivity index (χ3v) is 3.60. The first-order valence-corrected chi connectivity index (χ1v) is 7.07. The molecule has 0 aliphatic heterocycles. The Bertz CT molecular complexity index is 555. The molecule has 0 spiro atoms. The van der Waals surface area contributed by atoms with Gasteiger partial charge in [0, 0.05) is 6.42 Å². The minimum absolute atomic E-state index is 0.504. The van der Waals surface area contributed by atoms with E-state index in [1.165, 1.54) is 16.7 Å². The van der Waals surface area contributed by atoms with E-state index in [2.05, 4.69) is 32.0 Å². The van der Waals surface area contributed by atoms with Crippen molar-refractivity contribution in [1.29, 1.82) is 0 Å². The molecule has 106 valence electrons. The number of rotatable bonds is 5. The summed E-state index contributed by atoms with van der Waals surface area (Å²) < 4.78 is 5.48. The predicted molar refractivity (Wildman–Crippen MR) is 82.2 cm³/mol. The normalized spacial score (nSPS) is 12.2. The van der Waals surface area contributed by atoms with Gasteiger partial charge in [0.2, 0.25) is 0 Å². The first-order chi connectivity index (χ1) is 9.61. The lowest BCUT2D eigenvalue weighted by molar-refractivity contribution is 0.177. The maximum absolute atomic E-state index is 10.5. The van der Waals surface area contributed by atoms with Gasteiger partial charge in [-0.25, -0.2) is 0 Å². The van der Waals surface area contributed by atoms with Gasteiger partial charge in [-0.15, -0.1) is 0 Å². The van der Waals surface area contributed by atoms with Gasteiger partial charge in [-0.1, -0.05) is 30.3 Å². The SMILES string of the molecule is CCOc1cccc(C(O)Cc2c(C)cccc2C)c1. The highest BCUT2D eigenvalue weighted by Gasteiger charge is 2.12. The van der Waals surface area contributed by atoms with E-state index in [-0.39, 0.29) is 0 Å². The van der Waals surface area contributed by atoms with Crippen LogP contribution in [0.4, 0.5) is 0 Å². The number of aliphatic hydroxyl groups is 1. The van der Waals surface area contributed by atoms with Crippen LogP contribution in [0.3, 0.4) is 0 Å². The van der Waals surface area contributed by atoms with Crippen molar-refractivity contribution in [3.05, 3.63) is 64.7 Å². The highest BCUT2D eigenvalue weighted by Crippen LogP contribution is 2.25. The summed E-state index contributed by atoms with van der Waals surface area (Å²) in [4.78, 5) is 0. The summed E-state index contributed by atoms with van der Waals surface area (Å²) in [6.07, 6.45) is 0.129. The van der Waals surface area contributed by atoms with Crippen molar-refractivity contribution in [2.45, 2.75) is 33.3 Å². The van der Waals surface area contributed by atoms with Crippen molar-refractivity contribution in [2.24, 2.45) is 0 Å². The van der Waals surface area contributed by atoms with Crippen molar-refractivity contribution < 1.29 is 9.84 Å². The minimum Gasteiger partial charge on any atom is -0.494 e. The molecule has 0 aliphatic rings. The lowest BCUT2D eigenvalue weighted by atomic mass is 9.94. The van der Waals surface area contributed by atoms with Crippen LogP contribution in [0.5, 0.6) is 5.75 Å². The van der Waals surface area contributed by atoms with Crippen LogP contribution in [0, 0.1) is 13.8 Å². The molecule has 0 saturated heterocycles. The summed E-state index contributed by atoms with van der Waals surface area (Å²) in [6, 6.07) is 13.9. The molecule has 2 nitrogen and oxygen atoms in total. The van der Waals surface area contributed by atoms with E-state index in [1.54, 1.807) is 0 Å². The predicted octanol–water partition coefficient (Wildman–Crippen LogP) is 3.98. The van der Waals surface area contributed by atoms with Crippen LogP contribution >= 0.6 is 0 Å². The summed E-state index contributed by atoms with van der Waals surface area (Å²) in [6.45, 7) is 6.77. The fourth-order valence-electron chi connectivity index (χ4n) is 2.46. The number of aliphatic hydroxyl groups excluding tert-OH is 1. The molecule has 0 aromatic heterocycles. The Hall–Kier alpha value is -1.80. The topological polar surface area (TPSA) is 29.5 Å². The molecule has 2 heteroatoms. The summed E-state index contributed by atoms with van der Waals surface area (Å²) >= 11 is 0. The van der Waals surface area contributed by atoms with Gasteiger partial charge < -0.3 is 9.84 Å². The molecule has 0 radical (unpaired) electrons. The molecular weight excluding hydrogens is 248 g/mol. The quantitative estimate of drug-likeness (QED) is 0.890. The Morgan fingerprint density at radius 3 is 2.35 bits per heavy atom. The molecule has 2 aromatic carbocycles. The Morgan fingerprint density at radius 1 is 1.05 bits per heavy atom. The third kappa shape index (κ3) is 3.40. The van der Waals surface area contributed by atoms with Crippen LogP contribution in [0.1, 0.15) is 35.3 Å². The molecule has 0 heterocycles. The fraction of sp³-hybridized carbons (Fsp3) is 0.333. The standard InChI is InChI=1S/C18H22O2/c1-4-20-16-10-6-9-15(11-16)18(19)12-17-13(2)7-5-8-14(17)3/h5-11,18-19H,4,12H2,1-3H3. The summed E-state index contributed by atoms with van der Waals surface area (Å²) in [5.74, 6) is 0.811. The number of aryl methyl sites for hydroxylation is 2. The van der Waals surface area contributed by atoms with E-state index in [1.807, 2.05) is 31.2 Å². The van der Waals surface area contributed by atoms with Crippen molar-refractivity contribution in [3.8, 4) is 5.75 Å². The van der Waals surface area contributed by atoms with Crippen LogP contribution < -0.4 is 4.74 Å². The zero-order chi connectivity index (χ0) is 14.5. The Labute approximate surface area is 121 Å². The smallest absolute Gasteiger partial charge is 0.119 e. The third-order valence-electron chi connectivity index (χ3n) is 3.60. The average Bonchev–Trinajstić information content (AvgIpc) is 2.43. The van der Waals surface area contributed by atoms with E-state index in [4.69, 9.17) is 4.74 Å². The first-order valence-electron chi connectivity index (χ1n) is 7.07. The van der Waals surface area contributed by atoms with Gasteiger partial charge in [-0.2, -0.15) is 0 Å². The van der Waals surface area contributed by atoms with E-state index >= 15 is 0 Å². The molecule has 0 aliphatic carbocycles. The molecule has 0 amide bonds. The van der Waals surface area contributed by atoms with Crippen LogP contribution in [0.15, 0.2) is 42.5 Å². The van der Waals surface area contributed by atoms with E-state index in [0.29, 0.717) is 13.0 Å². The molecule has 20 heavy (non-hydrogen) atoms. The van der Waals surface area contributed by atoms with Gasteiger partial charge in [-0.3, -0.25) is 0 Å². The highest BCUT2D eigenvalue weighted by molar-refractivity contribution is 5.36. The van der Waals surface area contributed by atoms with E-state index < -0.39 is 6.10 Å². The second-order valence-corrected chi connectivity index (χ2v) is 5.10. The molecule has 1 atom stereocenters. The molecule has 0 bridgehead atoms. The van der Waals surface area contributed by atoms with Crippen molar-refractivity contribution in [3.63, 3.8) is 0 Å². The Morgan fingerprint density at radius 2 is 1.70 bits per heavy atom. The van der Waals surface area contributed by atoms with Crippen molar-refractivity contribution in [1.82, 2.24) is 0 Å². The largest absolute Gasteiger partial charge is 0.494 e. The van der Waals surface area contributed by atoms with Gasteiger partial charge in [0.05, 0.1) is 12.7 Å². The lowest BCUT2D eigenvalue weighted by Gasteiger charge is -2.16. The molecule has 1 unspecified atom stereocenters. The minimum atomic E-state index is -0.504. The number of hydrogen-bond donors (Lipinski definition) is 1. The van der Waals surface area contributed by atoms with E-state index in [9.17, 15) is 5.11 Å². The van der Waals surface area contributed by atoms with Crippen LogP contribution in [0.2, 0.25) is 0 Å². The zero-order valence-corrected chi connectivity index (χ0v) is 12.4. The van der Waals surface area contributed by atoms with Crippen molar-refractivity contribution >= 4 is 0 Å². The fourth-order valence-corrected chi connectivity index (χ4v) is 2.46. The van der Waals surface area contributed by atoms with Crippen molar-refractivity contribution in [2.75, 3.05) is 6.61 Å². The average molecular weight is 270 g/mol. The monoisotopic (exact) mass is 270 g/mol. The molecular formula is C18H22O2. The molecule has 1 N–H and O–H groups in total. The summed E-state index contributed by atoms with van der Waals surface area (Å²) in [5, 5.41) is 10.5. The Balaban J connectivity index is 2.19. The number of ether oxygens (including phenoxy) is 1. The lowest BCUT2D eigenvalue weighted by Crippen LogP contribution is -2.05. The summed E-state index contributed by atoms with van der Waals surface area (Å²) in [7, 11) is 0. The zero-order valence-electron chi connectivity index (χ0n) is 12.4. The van der Waals surface area contributed by atoms with Gasteiger partial charge in [0.15, 0.2) is 0 Å². The number of hydrogen-bond acceptors (Lipinski definition) is 2. The second-order valence-electron chi connectivity index (χ2n) is 5.10. The van der Waals surface area contributed by atoms with Gasteiger partial charge in [-0.05, 0) is 55.2 Å².